The highest BCUT2D eigenvalue weighted by Gasteiger charge is 2.07. The van der Waals surface area contributed by atoms with E-state index in [-0.39, 0.29) is 0 Å². The third-order valence-electron chi connectivity index (χ3n) is 3.46. The van der Waals surface area contributed by atoms with Crippen molar-refractivity contribution in [1.29, 1.82) is 0 Å². The molecule has 0 saturated heterocycles. The van der Waals surface area contributed by atoms with Gasteiger partial charge in [-0.1, -0.05) is 61.5 Å². The molecule has 0 aliphatic carbocycles. The fraction of sp³-hybridized carbons (Fsp3) is 0.294. The lowest BCUT2D eigenvalue weighted by Crippen LogP contribution is -2.83. The Hall–Kier alpha value is -1.60. The molecule has 0 unspecified atom stereocenters. The van der Waals surface area contributed by atoms with Gasteiger partial charge in [-0.2, -0.15) is 0 Å². The summed E-state index contributed by atoms with van der Waals surface area (Å²) in [5.41, 5.74) is 4.20. The summed E-state index contributed by atoms with van der Waals surface area (Å²) in [6.07, 6.45) is 1.12. The molecule has 2 aromatic carbocycles. The molecule has 0 aromatic heterocycles. The van der Waals surface area contributed by atoms with Gasteiger partial charge in [0.1, 0.15) is 12.6 Å². The van der Waals surface area contributed by atoms with E-state index < -0.39 is 0 Å². The Morgan fingerprint density at radius 1 is 0.889 bits per heavy atom. The summed E-state index contributed by atoms with van der Waals surface area (Å²) in [4.78, 5) is 0. The van der Waals surface area contributed by atoms with Crippen LogP contribution < -0.4 is 5.32 Å². The molecule has 0 bridgehead atoms. The molecule has 2 aromatic rings. The van der Waals surface area contributed by atoms with E-state index >= 15 is 0 Å². The summed E-state index contributed by atoms with van der Waals surface area (Å²) < 4.78 is 0. The number of quaternary nitrogens is 1. The average Bonchev–Trinajstić information content (AvgIpc) is 2.46. The van der Waals surface area contributed by atoms with Crippen LogP contribution in [0.3, 0.4) is 0 Å². The largest absolute Gasteiger partial charge is 0.337 e. The van der Waals surface area contributed by atoms with Crippen LogP contribution in [0, 0.1) is 0 Å². The van der Waals surface area contributed by atoms with Gasteiger partial charge in [0, 0.05) is 11.1 Å². The van der Waals surface area contributed by atoms with Crippen LogP contribution in [-0.2, 0) is 13.0 Å². The standard InChI is InChI=1S/C17H21N/c1-3-15-9-11-16(12-10-15)13-18-14(2)17-7-5-4-6-8-17/h4-12,14,18H,3,13H2,1-2H3/p+1/t14-/m1/s1. The number of nitrogens with two attached hydrogens (primary N) is 1. The van der Waals surface area contributed by atoms with Gasteiger partial charge < -0.3 is 5.32 Å². The number of aryl methyl sites for hydroxylation is 1. The van der Waals surface area contributed by atoms with Crippen LogP contribution in [0.5, 0.6) is 0 Å². The van der Waals surface area contributed by atoms with E-state index in [4.69, 9.17) is 0 Å². The van der Waals surface area contributed by atoms with Gasteiger partial charge in [-0.3, -0.25) is 0 Å². The second kappa shape index (κ2) is 6.36. The fourth-order valence-electron chi connectivity index (χ4n) is 2.12. The normalized spacial score (nSPS) is 12.3. The van der Waals surface area contributed by atoms with Gasteiger partial charge in [0.2, 0.25) is 0 Å². The summed E-state index contributed by atoms with van der Waals surface area (Å²) in [5, 5.41) is 2.39. The lowest BCUT2D eigenvalue weighted by atomic mass is 10.1. The van der Waals surface area contributed by atoms with Gasteiger partial charge in [-0.05, 0) is 18.9 Å². The molecule has 0 spiro atoms. The van der Waals surface area contributed by atoms with E-state index in [2.05, 4.69) is 73.8 Å². The van der Waals surface area contributed by atoms with Crippen molar-refractivity contribution in [2.75, 3.05) is 0 Å². The number of benzene rings is 2. The molecule has 0 aliphatic rings. The van der Waals surface area contributed by atoms with E-state index in [1.165, 1.54) is 16.7 Å². The van der Waals surface area contributed by atoms with Gasteiger partial charge in [-0.15, -0.1) is 0 Å². The minimum Gasteiger partial charge on any atom is -0.337 e. The van der Waals surface area contributed by atoms with Crippen molar-refractivity contribution in [2.24, 2.45) is 0 Å². The minimum absolute atomic E-state index is 0.511. The molecule has 1 atom stereocenters. The Kier molecular flexibility index (Phi) is 4.54. The number of hydrogen-bond acceptors (Lipinski definition) is 0. The van der Waals surface area contributed by atoms with Crippen LogP contribution in [0.2, 0.25) is 0 Å². The molecule has 2 rings (SSSR count). The average molecular weight is 240 g/mol. The minimum atomic E-state index is 0.511. The van der Waals surface area contributed by atoms with Crippen molar-refractivity contribution in [2.45, 2.75) is 32.9 Å². The second-order valence-corrected chi connectivity index (χ2v) is 4.81. The van der Waals surface area contributed by atoms with Crippen LogP contribution in [-0.4, -0.2) is 0 Å². The first kappa shape index (κ1) is 12.8. The number of rotatable bonds is 5. The Balaban J connectivity index is 1.91. The summed E-state index contributed by atoms with van der Waals surface area (Å²) >= 11 is 0. The van der Waals surface area contributed by atoms with Gasteiger partial charge in [0.05, 0.1) is 0 Å². The van der Waals surface area contributed by atoms with Crippen molar-refractivity contribution in [3.8, 4) is 0 Å². The molecule has 1 nitrogen and oxygen atoms in total. The quantitative estimate of drug-likeness (QED) is 0.827. The van der Waals surface area contributed by atoms with Gasteiger partial charge in [0.15, 0.2) is 0 Å². The highest BCUT2D eigenvalue weighted by Crippen LogP contribution is 2.08. The maximum atomic E-state index is 2.39. The van der Waals surface area contributed by atoms with Crippen LogP contribution in [0.1, 0.15) is 36.6 Å². The first-order valence-corrected chi connectivity index (χ1v) is 6.75. The smallest absolute Gasteiger partial charge is 0.109 e. The second-order valence-electron chi connectivity index (χ2n) is 4.81. The molecule has 1 heteroatoms. The molecule has 0 heterocycles. The van der Waals surface area contributed by atoms with E-state index in [0.717, 1.165) is 13.0 Å². The highest BCUT2D eigenvalue weighted by molar-refractivity contribution is 5.22. The van der Waals surface area contributed by atoms with Crippen molar-refractivity contribution < 1.29 is 5.32 Å². The van der Waals surface area contributed by atoms with Gasteiger partial charge >= 0.3 is 0 Å². The zero-order chi connectivity index (χ0) is 12.8. The topological polar surface area (TPSA) is 16.6 Å². The first-order valence-electron chi connectivity index (χ1n) is 6.75. The van der Waals surface area contributed by atoms with Crippen LogP contribution in [0.4, 0.5) is 0 Å². The fourth-order valence-corrected chi connectivity index (χ4v) is 2.12. The van der Waals surface area contributed by atoms with Gasteiger partial charge in [0.25, 0.3) is 0 Å². The summed E-state index contributed by atoms with van der Waals surface area (Å²) in [5.74, 6) is 0. The third-order valence-corrected chi connectivity index (χ3v) is 3.46. The highest BCUT2D eigenvalue weighted by atomic mass is 14.9. The van der Waals surface area contributed by atoms with Crippen molar-refractivity contribution >= 4 is 0 Å². The molecule has 0 amide bonds. The number of hydrogen-bond donors (Lipinski definition) is 1. The molecule has 0 radical (unpaired) electrons. The zero-order valence-corrected chi connectivity index (χ0v) is 11.3. The van der Waals surface area contributed by atoms with Crippen LogP contribution in [0.25, 0.3) is 0 Å². The monoisotopic (exact) mass is 240 g/mol. The van der Waals surface area contributed by atoms with E-state index in [1.807, 2.05) is 0 Å². The molecule has 0 aliphatic heterocycles. The summed E-state index contributed by atoms with van der Waals surface area (Å²) in [7, 11) is 0. The van der Waals surface area contributed by atoms with Crippen molar-refractivity contribution in [3.05, 3.63) is 71.3 Å². The van der Waals surface area contributed by atoms with Crippen LogP contribution in [0.15, 0.2) is 54.6 Å². The predicted molar refractivity (Wildman–Crippen MR) is 76.3 cm³/mol. The Morgan fingerprint density at radius 3 is 2.11 bits per heavy atom. The maximum Gasteiger partial charge on any atom is 0.109 e. The molecule has 18 heavy (non-hydrogen) atoms. The molecule has 0 saturated carbocycles. The van der Waals surface area contributed by atoms with E-state index in [9.17, 15) is 0 Å². The van der Waals surface area contributed by atoms with Crippen molar-refractivity contribution in [3.63, 3.8) is 0 Å². The summed E-state index contributed by atoms with van der Waals surface area (Å²) in [6.45, 7) is 5.49. The molecular formula is C17H22N+. The maximum absolute atomic E-state index is 2.39. The lowest BCUT2D eigenvalue weighted by Gasteiger charge is -2.11. The molecular weight excluding hydrogens is 218 g/mol. The Labute approximate surface area is 110 Å². The van der Waals surface area contributed by atoms with E-state index in [0.29, 0.717) is 6.04 Å². The van der Waals surface area contributed by atoms with Crippen molar-refractivity contribution in [1.82, 2.24) is 0 Å². The van der Waals surface area contributed by atoms with Gasteiger partial charge in [-0.25, -0.2) is 0 Å². The summed E-state index contributed by atoms with van der Waals surface area (Å²) in [6, 6.07) is 20.1. The van der Waals surface area contributed by atoms with Crippen LogP contribution >= 0.6 is 0 Å². The Morgan fingerprint density at radius 2 is 1.50 bits per heavy atom. The first-order chi connectivity index (χ1) is 8.79. The predicted octanol–water partition coefficient (Wildman–Crippen LogP) is 3.07. The SMILES string of the molecule is CCc1ccc(C[NH2+][C@H](C)c2ccccc2)cc1. The zero-order valence-electron chi connectivity index (χ0n) is 11.3. The molecule has 94 valence electrons. The third kappa shape index (κ3) is 3.44. The van der Waals surface area contributed by atoms with E-state index in [1.54, 1.807) is 0 Å². The Bertz CT molecular complexity index is 459. The lowest BCUT2D eigenvalue weighted by molar-refractivity contribution is -0.707. The molecule has 0 fully saturated rings. The molecule has 2 N–H and O–H groups in total.